The molecule has 0 unspecified atom stereocenters. The van der Waals surface area contributed by atoms with Gasteiger partial charge >= 0.3 is 0 Å². The van der Waals surface area contributed by atoms with Crippen molar-refractivity contribution in [3.8, 4) is 17.3 Å². The van der Waals surface area contributed by atoms with Crippen molar-refractivity contribution in [1.82, 2.24) is 24.7 Å². The number of nitrogens with zero attached hydrogens (tertiary/aromatic N) is 5. The highest BCUT2D eigenvalue weighted by Crippen LogP contribution is 2.24. The fourth-order valence-corrected chi connectivity index (χ4v) is 1.86. The molecule has 3 rings (SSSR count). The van der Waals surface area contributed by atoms with Gasteiger partial charge in [-0.2, -0.15) is 14.5 Å². The molecule has 2 aromatic heterocycles. The highest BCUT2D eigenvalue weighted by Gasteiger charge is 2.12. The first-order valence-electron chi connectivity index (χ1n) is 6.27. The van der Waals surface area contributed by atoms with Gasteiger partial charge in [-0.15, -0.1) is 0 Å². The lowest BCUT2D eigenvalue weighted by atomic mass is 10.3. The molecule has 0 amide bonds. The molecule has 3 aromatic rings. The van der Waals surface area contributed by atoms with Gasteiger partial charge in [0, 0.05) is 0 Å². The van der Waals surface area contributed by atoms with Crippen molar-refractivity contribution in [2.45, 2.75) is 13.8 Å². The predicted molar refractivity (Wildman–Crippen MR) is 72.9 cm³/mol. The number of aromatic nitrogens is 5. The molecule has 21 heavy (non-hydrogen) atoms. The molecular formula is C14H12FN5O. The van der Waals surface area contributed by atoms with Gasteiger partial charge in [0.05, 0.1) is 11.4 Å². The number of halogens is 1. The van der Waals surface area contributed by atoms with Gasteiger partial charge in [0.2, 0.25) is 5.82 Å². The monoisotopic (exact) mass is 285 g/mol. The lowest BCUT2D eigenvalue weighted by Gasteiger charge is -2.08. The largest absolute Gasteiger partial charge is 0.436 e. The third-order valence-electron chi connectivity index (χ3n) is 2.83. The summed E-state index contributed by atoms with van der Waals surface area (Å²) in [5, 5.41) is 4.02. The van der Waals surface area contributed by atoms with Crippen LogP contribution in [-0.2, 0) is 0 Å². The Morgan fingerprint density at radius 1 is 1.10 bits per heavy atom. The third-order valence-corrected chi connectivity index (χ3v) is 2.83. The summed E-state index contributed by atoms with van der Waals surface area (Å²) in [5.74, 6) is 0.313. The van der Waals surface area contributed by atoms with E-state index in [-0.39, 0.29) is 11.6 Å². The number of aryl methyl sites for hydroxylation is 2. The zero-order chi connectivity index (χ0) is 14.8. The molecule has 0 spiro atoms. The highest BCUT2D eigenvalue weighted by molar-refractivity contribution is 5.38. The van der Waals surface area contributed by atoms with Crippen LogP contribution in [0.5, 0.6) is 11.6 Å². The minimum absolute atomic E-state index is 0.0755. The average Bonchev–Trinajstić information content (AvgIpc) is 2.99. The van der Waals surface area contributed by atoms with E-state index in [9.17, 15) is 4.39 Å². The van der Waals surface area contributed by atoms with Crippen LogP contribution >= 0.6 is 0 Å². The summed E-state index contributed by atoms with van der Waals surface area (Å²) in [6.07, 6.45) is 3.04. The standard InChI is InChI=1S/C14H12FN5O/c1-9-13(15)14(19-10(2)18-9)21-12-5-3-11(4-6-12)20-8-16-7-17-20/h3-8H,1-2H3. The van der Waals surface area contributed by atoms with Crippen LogP contribution in [0.2, 0.25) is 0 Å². The molecule has 0 N–H and O–H groups in total. The van der Waals surface area contributed by atoms with Gasteiger partial charge in [0.1, 0.15) is 24.2 Å². The minimum Gasteiger partial charge on any atom is -0.436 e. The first kappa shape index (κ1) is 13.2. The number of benzene rings is 1. The Labute approximate surface area is 120 Å². The molecule has 2 heterocycles. The van der Waals surface area contributed by atoms with Crippen molar-refractivity contribution in [3.63, 3.8) is 0 Å². The maximum atomic E-state index is 13.9. The Kier molecular flexibility index (Phi) is 3.31. The van der Waals surface area contributed by atoms with E-state index in [1.54, 1.807) is 49.1 Å². The Hall–Kier alpha value is -2.83. The molecule has 0 aliphatic carbocycles. The van der Waals surface area contributed by atoms with Crippen LogP contribution in [0.25, 0.3) is 5.69 Å². The highest BCUT2D eigenvalue weighted by atomic mass is 19.1. The molecule has 0 aliphatic heterocycles. The molecule has 1 aromatic carbocycles. The second-order valence-electron chi connectivity index (χ2n) is 4.41. The van der Waals surface area contributed by atoms with Crippen LogP contribution in [0.1, 0.15) is 11.5 Å². The maximum Gasteiger partial charge on any atom is 0.259 e. The molecular weight excluding hydrogens is 273 g/mol. The van der Waals surface area contributed by atoms with Gasteiger partial charge < -0.3 is 4.74 Å². The number of ether oxygens (including phenoxy) is 1. The Bertz CT molecular complexity index is 756. The van der Waals surface area contributed by atoms with Crippen molar-refractivity contribution >= 4 is 0 Å². The predicted octanol–water partition coefficient (Wildman–Crippen LogP) is 2.61. The van der Waals surface area contributed by atoms with E-state index in [2.05, 4.69) is 20.1 Å². The zero-order valence-electron chi connectivity index (χ0n) is 11.5. The second-order valence-corrected chi connectivity index (χ2v) is 4.41. The lowest BCUT2D eigenvalue weighted by Crippen LogP contribution is -2.00. The van der Waals surface area contributed by atoms with E-state index in [0.717, 1.165) is 5.69 Å². The molecule has 0 bridgehead atoms. The van der Waals surface area contributed by atoms with Crippen LogP contribution < -0.4 is 4.74 Å². The Balaban J connectivity index is 1.86. The molecule has 0 saturated heterocycles. The van der Waals surface area contributed by atoms with Crippen molar-refractivity contribution in [1.29, 1.82) is 0 Å². The van der Waals surface area contributed by atoms with E-state index in [4.69, 9.17) is 4.74 Å². The molecule has 7 heteroatoms. The molecule has 106 valence electrons. The summed E-state index contributed by atoms with van der Waals surface area (Å²) in [6, 6.07) is 7.01. The van der Waals surface area contributed by atoms with Crippen LogP contribution in [-0.4, -0.2) is 24.7 Å². The summed E-state index contributed by atoms with van der Waals surface area (Å²) < 4.78 is 21.0. The van der Waals surface area contributed by atoms with E-state index < -0.39 is 5.82 Å². The summed E-state index contributed by atoms with van der Waals surface area (Å²) in [6.45, 7) is 3.26. The maximum absolute atomic E-state index is 13.9. The number of rotatable bonds is 3. The van der Waals surface area contributed by atoms with Gasteiger partial charge in [-0.25, -0.2) is 14.6 Å². The molecule has 0 saturated carbocycles. The van der Waals surface area contributed by atoms with E-state index in [1.807, 2.05) is 0 Å². The number of hydrogen-bond acceptors (Lipinski definition) is 5. The summed E-state index contributed by atoms with van der Waals surface area (Å²) in [4.78, 5) is 11.8. The zero-order valence-corrected chi connectivity index (χ0v) is 11.5. The van der Waals surface area contributed by atoms with Gasteiger partial charge in [-0.05, 0) is 38.1 Å². The first-order valence-corrected chi connectivity index (χ1v) is 6.27. The van der Waals surface area contributed by atoms with Crippen molar-refractivity contribution in [2.75, 3.05) is 0 Å². The van der Waals surface area contributed by atoms with Crippen LogP contribution in [0, 0.1) is 19.7 Å². The molecule has 0 aliphatic rings. The Morgan fingerprint density at radius 3 is 2.52 bits per heavy atom. The van der Waals surface area contributed by atoms with Crippen LogP contribution in [0.4, 0.5) is 4.39 Å². The van der Waals surface area contributed by atoms with Crippen molar-refractivity contribution < 1.29 is 9.13 Å². The lowest BCUT2D eigenvalue weighted by molar-refractivity contribution is 0.414. The van der Waals surface area contributed by atoms with Crippen molar-refractivity contribution in [2.24, 2.45) is 0 Å². The fourth-order valence-electron chi connectivity index (χ4n) is 1.86. The van der Waals surface area contributed by atoms with E-state index in [1.165, 1.54) is 6.33 Å². The molecule has 0 atom stereocenters. The minimum atomic E-state index is -0.555. The summed E-state index contributed by atoms with van der Waals surface area (Å²) in [7, 11) is 0. The van der Waals surface area contributed by atoms with Gasteiger partial charge in [-0.3, -0.25) is 0 Å². The van der Waals surface area contributed by atoms with Gasteiger partial charge in [0.15, 0.2) is 0 Å². The van der Waals surface area contributed by atoms with Crippen molar-refractivity contribution in [3.05, 3.63) is 54.3 Å². The molecule has 0 radical (unpaired) electrons. The smallest absolute Gasteiger partial charge is 0.259 e. The van der Waals surface area contributed by atoms with E-state index >= 15 is 0 Å². The Morgan fingerprint density at radius 2 is 1.86 bits per heavy atom. The summed E-state index contributed by atoms with van der Waals surface area (Å²) >= 11 is 0. The fraction of sp³-hybridized carbons (Fsp3) is 0.143. The molecule has 0 fully saturated rings. The second kappa shape index (κ2) is 5.28. The number of hydrogen-bond donors (Lipinski definition) is 0. The SMILES string of the molecule is Cc1nc(C)c(F)c(Oc2ccc(-n3cncn3)cc2)n1. The van der Waals surface area contributed by atoms with E-state index in [0.29, 0.717) is 11.6 Å². The molecule has 6 nitrogen and oxygen atoms in total. The van der Waals surface area contributed by atoms with Gasteiger partial charge in [0.25, 0.3) is 5.88 Å². The normalized spacial score (nSPS) is 10.6. The van der Waals surface area contributed by atoms with Gasteiger partial charge in [-0.1, -0.05) is 0 Å². The topological polar surface area (TPSA) is 65.7 Å². The third kappa shape index (κ3) is 2.71. The average molecular weight is 285 g/mol. The van der Waals surface area contributed by atoms with Crippen LogP contribution in [0.15, 0.2) is 36.9 Å². The van der Waals surface area contributed by atoms with Crippen LogP contribution in [0.3, 0.4) is 0 Å². The summed E-state index contributed by atoms with van der Waals surface area (Å²) in [5.41, 5.74) is 1.09. The quantitative estimate of drug-likeness (QED) is 0.740. The first-order chi connectivity index (χ1) is 10.1.